The molecule has 11 nitrogen and oxygen atoms in total. The van der Waals surface area contributed by atoms with Gasteiger partial charge in [-0.15, -0.1) is 0 Å². The van der Waals surface area contributed by atoms with Crippen molar-refractivity contribution in [1.82, 2.24) is 14.5 Å². The van der Waals surface area contributed by atoms with Crippen molar-refractivity contribution in [3.05, 3.63) is 49.9 Å². The molecule has 0 aliphatic heterocycles. The number of nitrogen functional groups attached to an aromatic ring is 1. The third-order valence-corrected chi connectivity index (χ3v) is 4.60. The van der Waals surface area contributed by atoms with E-state index in [9.17, 15) is 19.2 Å². The molecule has 0 aliphatic rings. The van der Waals surface area contributed by atoms with Gasteiger partial charge in [0.1, 0.15) is 11.5 Å². The van der Waals surface area contributed by atoms with Gasteiger partial charge in [-0.05, 0) is 31.9 Å². The summed E-state index contributed by atoms with van der Waals surface area (Å²) in [6.45, 7) is 7.60. The number of hydrogen-bond donors (Lipinski definition) is 2. The number of rotatable bonds is 9. The minimum Gasteiger partial charge on any atom is -0.462 e. The summed E-state index contributed by atoms with van der Waals surface area (Å²) in [6, 6.07) is 2.81. The van der Waals surface area contributed by atoms with Crippen molar-refractivity contribution in [2.24, 2.45) is 5.92 Å². The second-order valence-electron chi connectivity index (χ2n) is 7.50. The lowest BCUT2D eigenvalue weighted by Crippen LogP contribution is -2.43. The highest BCUT2D eigenvalue weighted by Crippen LogP contribution is 2.20. The van der Waals surface area contributed by atoms with Gasteiger partial charge in [0.25, 0.3) is 11.5 Å². The Morgan fingerprint density at radius 3 is 2.53 bits per heavy atom. The molecule has 0 aliphatic carbocycles. The summed E-state index contributed by atoms with van der Waals surface area (Å²) >= 11 is 0. The first-order valence-corrected chi connectivity index (χ1v) is 10.2. The number of methoxy groups -OCH3 is 1. The van der Waals surface area contributed by atoms with Crippen LogP contribution in [0.3, 0.4) is 0 Å². The number of ether oxygens (including phenoxy) is 2. The van der Waals surface area contributed by atoms with Crippen molar-refractivity contribution in [3.8, 4) is 0 Å². The van der Waals surface area contributed by atoms with Crippen LogP contribution >= 0.6 is 0 Å². The van der Waals surface area contributed by atoms with Gasteiger partial charge in [-0.3, -0.25) is 24.0 Å². The van der Waals surface area contributed by atoms with Crippen LogP contribution in [-0.4, -0.2) is 53.3 Å². The Bertz CT molecular complexity index is 1100. The van der Waals surface area contributed by atoms with Crippen LogP contribution in [-0.2, 0) is 16.0 Å². The Morgan fingerprint density at radius 1 is 1.28 bits per heavy atom. The molecule has 0 fully saturated rings. The highest BCUT2D eigenvalue weighted by molar-refractivity contribution is 6.06. The number of aromatic amines is 1. The van der Waals surface area contributed by atoms with Crippen molar-refractivity contribution in [2.45, 2.75) is 34.2 Å². The topological polar surface area (TPSA) is 150 Å². The fraction of sp³-hybridized carbons (Fsp3) is 0.476. The normalized spacial score (nSPS) is 10.9. The summed E-state index contributed by atoms with van der Waals surface area (Å²) in [6.07, 6.45) is 0. The number of nitrogens with zero attached hydrogens (tertiary/aromatic N) is 3. The minimum absolute atomic E-state index is 0.00735. The summed E-state index contributed by atoms with van der Waals surface area (Å²) in [4.78, 5) is 57.8. The van der Waals surface area contributed by atoms with Crippen LogP contribution in [0.5, 0.6) is 0 Å². The fourth-order valence-electron chi connectivity index (χ4n) is 3.13. The van der Waals surface area contributed by atoms with Crippen molar-refractivity contribution in [1.29, 1.82) is 0 Å². The van der Waals surface area contributed by atoms with Crippen LogP contribution in [0.2, 0.25) is 0 Å². The first-order valence-electron chi connectivity index (χ1n) is 10.2. The lowest BCUT2D eigenvalue weighted by Gasteiger charge is -2.24. The molecule has 0 aromatic carbocycles. The number of pyridine rings is 1. The standard InChI is InChI=1S/C21H29N5O6/c1-6-32-20(29)14-7-8-15(23-13(14)4)19(28)25(9-10-31-5)16-17(22)26(11-12(2)3)21(30)24-18(16)27/h7-8,12H,6,9-11,22H2,1-5H3,(H,24,27,30). The van der Waals surface area contributed by atoms with Gasteiger partial charge in [0, 0.05) is 20.2 Å². The Labute approximate surface area is 185 Å². The zero-order valence-corrected chi connectivity index (χ0v) is 18.9. The molecule has 2 aromatic rings. The van der Waals surface area contributed by atoms with Crippen LogP contribution in [0.25, 0.3) is 0 Å². The number of nitrogens with one attached hydrogen (secondary N) is 1. The molecule has 2 rings (SSSR count). The first kappa shape index (κ1) is 24.8. The summed E-state index contributed by atoms with van der Waals surface area (Å²) in [5.74, 6) is -1.24. The molecule has 11 heteroatoms. The number of nitrogens with two attached hydrogens (primary N) is 1. The SMILES string of the molecule is CCOC(=O)c1ccc(C(=O)N(CCOC)c2c(N)n(CC(C)C)c(=O)[nH]c2=O)nc1C. The number of carbonyl (C=O) groups is 2. The van der Waals surface area contributed by atoms with E-state index in [1.54, 1.807) is 13.8 Å². The Hall–Kier alpha value is -3.47. The van der Waals surface area contributed by atoms with Crippen LogP contribution < -0.4 is 21.9 Å². The molecule has 0 saturated carbocycles. The number of carbonyl (C=O) groups excluding carboxylic acids is 2. The van der Waals surface area contributed by atoms with Gasteiger partial charge in [0.15, 0.2) is 5.69 Å². The third-order valence-electron chi connectivity index (χ3n) is 4.60. The van der Waals surface area contributed by atoms with E-state index in [1.807, 2.05) is 13.8 Å². The van der Waals surface area contributed by atoms with Gasteiger partial charge in [-0.25, -0.2) is 14.6 Å². The largest absolute Gasteiger partial charge is 0.462 e. The van der Waals surface area contributed by atoms with Crippen molar-refractivity contribution in [3.63, 3.8) is 0 Å². The van der Waals surface area contributed by atoms with Crippen molar-refractivity contribution >= 4 is 23.4 Å². The lowest BCUT2D eigenvalue weighted by molar-refractivity contribution is 0.0524. The molecule has 174 valence electrons. The first-order chi connectivity index (χ1) is 15.1. The zero-order chi connectivity index (χ0) is 24.0. The number of hydrogen-bond acceptors (Lipinski definition) is 8. The van der Waals surface area contributed by atoms with E-state index in [0.717, 1.165) is 4.90 Å². The summed E-state index contributed by atoms with van der Waals surface area (Å²) in [5.41, 5.74) is 5.08. The number of esters is 1. The van der Waals surface area contributed by atoms with Crippen molar-refractivity contribution in [2.75, 3.05) is 37.5 Å². The van der Waals surface area contributed by atoms with Crippen LogP contribution in [0.4, 0.5) is 11.5 Å². The van der Waals surface area contributed by atoms with E-state index in [0.29, 0.717) is 5.69 Å². The predicted molar refractivity (Wildman–Crippen MR) is 119 cm³/mol. The molecule has 0 saturated heterocycles. The van der Waals surface area contributed by atoms with Gasteiger partial charge in [-0.2, -0.15) is 0 Å². The molecule has 0 bridgehead atoms. The smallest absolute Gasteiger partial charge is 0.339 e. The quantitative estimate of drug-likeness (QED) is 0.540. The molecular weight excluding hydrogens is 418 g/mol. The van der Waals surface area contributed by atoms with Gasteiger partial charge in [0.2, 0.25) is 0 Å². The maximum absolute atomic E-state index is 13.3. The maximum atomic E-state index is 13.3. The van der Waals surface area contributed by atoms with E-state index in [2.05, 4.69) is 9.97 Å². The Kier molecular flexibility index (Phi) is 8.30. The maximum Gasteiger partial charge on any atom is 0.339 e. The lowest BCUT2D eigenvalue weighted by atomic mass is 10.1. The number of H-pyrrole nitrogens is 1. The second kappa shape index (κ2) is 10.7. The van der Waals surface area contributed by atoms with E-state index < -0.39 is 23.1 Å². The predicted octanol–water partition coefficient (Wildman–Crippen LogP) is 0.948. The van der Waals surface area contributed by atoms with Gasteiger partial charge in [0.05, 0.1) is 24.5 Å². The zero-order valence-electron chi connectivity index (χ0n) is 18.9. The van der Waals surface area contributed by atoms with E-state index in [1.165, 1.54) is 23.8 Å². The van der Waals surface area contributed by atoms with E-state index >= 15 is 0 Å². The average molecular weight is 447 g/mol. The number of aromatic nitrogens is 3. The molecular formula is C21H29N5O6. The van der Waals surface area contributed by atoms with E-state index in [4.69, 9.17) is 15.2 Å². The molecule has 0 radical (unpaired) electrons. The summed E-state index contributed by atoms with van der Waals surface area (Å²) in [5, 5.41) is 0. The van der Waals surface area contributed by atoms with Gasteiger partial charge < -0.3 is 15.2 Å². The monoisotopic (exact) mass is 447 g/mol. The molecule has 0 unspecified atom stereocenters. The van der Waals surface area contributed by atoms with Gasteiger partial charge >= 0.3 is 11.7 Å². The molecule has 2 aromatic heterocycles. The fourth-order valence-corrected chi connectivity index (χ4v) is 3.13. The molecule has 1 amide bonds. The Morgan fingerprint density at radius 2 is 1.97 bits per heavy atom. The number of amides is 1. The third kappa shape index (κ3) is 5.41. The second-order valence-corrected chi connectivity index (χ2v) is 7.50. The average Bonchev–Trinajstić information content (AvgIpc) is 2.72. The van der Waals surface area contributed by atoms with E-state index in [-0.39, 0.29) is 55.0 Å². The van der Waals surface area contributed by atoms with Crippen molar-refractivity contribution < 1.29 is 19.1 Å². The number of anilines is 2. The molecule has 2 heterocycles. The van der Waals surface area contributed by atoms with Crippen LogP contribution in [0, 0.1) is 12.8 Å². The summed E-state index contributed by atoms with van der Waals surface area (Å²) in [7, 11) is 1.45. The molecule has 0 atom stereocenters. The molecule has 0 spiro atoms. The van der Waals surface area contributed by atoms with Crippen LogP contribution in [0.15, 0.2) is 21.7 Å². The number of aryl methyl sites for hydroxylation is 1. The van der Waals surface area contributed by atoms with Gasteiger partial charge in [-0.1, -0.05) is 13.8 Å². The highest BCUT2D eigenvalue weighted by atomic mass is 16.5. The molecule has 3 N–H and O–H groups in total. The highest BCUT2D eigenvalue weighted by Gasteiger charge is 2.27. The minimum atomic E-state index is -0.795. The molecule has 32 heavy (non-hydrogen) atoms. The summed E-state index contributed by atoms with van der Waals surface area (Å²) < 4.78 is 11.3. The Balaban J connectivity index is 2.57. The van der Waals surface area contributed by atoms with Crippen LogP contribution in [0.1, 0.15) is 47.3 Å².